The van der Waals surface area contributed by atoms with Crippen LogP contribution in [0.15, 0.2) is 18.2 Å². The third-order valence-electron chi connectivity index (χ3n) is 2.78. The predicted molar refractivity (Wildman–Crippen MR) is 76.0 cm³/mol. The van der Waals surface area contributed by atoms with Gasteiger partial charge < -0.3 is 10.4 Å². The highest BCUT2D eigenvalue weighted by atomic mass is 35.5. The average Bonchev–Trinajstić information content (AvgIpc) is 2.36. The highest BCUT2D eigenvalue weighted by Gasteiger charge is 2.32. The molecule has 1 aromatic carbocycles. The lowest BCUT2D eigenvalue weighted by Crippen LogP contribution is -2.51. The van der Waals surface area contributed by atoms with E-state index in [1.807, 2.05) is 6.07 Å². The molecule has 4 nitrogen and oxygen atoms in total. The normalized spacial score (nSPS) is 22.9. The standard InChI is InChI=1S/C12H11Cl2NO3S/c13-7-2-1-6(3-8(7)14)4-10-11(16)15-9(5-19-10)12(17)18/h1-3,9-10H,4-5H2,(H,15,16)(H,17,18). The Bertz CT molecular complexity index is 524. The van der Waals surface area contributed by atoms with E-state index in [2.05, 4.69) is 5.32 Å². The van der Waals surface area contributed by atoms with Gasteiger partial charge in [0, 0.05) is 5.75 Å². The molecule has 2 N–H and O–H groups in total. The van der Waals surface area contributed by atoms with Crippen molar-refractivity contribution in [3.63, 3.8) is 0 Å². The quantitative estimate of drug-likeness (QED) is 0.896. The van der Waals surface area contributed by atoms with E-state index < -0.39 is 12.0 Å². The van der Waals surface area contributed by atoms with E-state index in [0.29, 0.717) is 22.2 Å². The fraction of sp³-hybridized carbons (Fsp3) is 0.333. The summed E-state index contributed by atoms with van der Waals surface area (Å²) in [5, 5.41) is 12.0. The molecular weight excluding hydrogens is 309 g/mol. The van der Waals surface area contributed by atoms with Crippen molar-refractivity contribution in [1.29, 1.82) is 0 Å². The van der Waals surface area contributed by atoms with Gasteiger partial charge in [-0.3, -0.25) is 4.79 Å². The number of carbonyl (C=O) groups excluding carboxylic acids is 1. The minimum Gasteiger partial charge on any atom is -0.480 e. The van der Waals surface area contributed by atoms with E-state index in [4.69, 9.17) is 28.3 Å². The molecule has 0 saturated carbocycles. The number of amides is 1. The molecule has 1 aliphatic heterocycles. The zero-order chi connectivity index (χ0) is 14.0. The Hall–Kier alpha value is -0.910. The Kier molecular flexibility index (Phi) is 4.60. The van der Waals surface area contributed by atoms with Crippen LogP contribution >= 0.6 is 35.0 Å². The third kappa shape index (κ3) is 3.55. The molecule has 0 radical (unpaired) electrons. The van der Waals surface area contributed by atoms with Crippen LogP contribution in [-0.4, -0.2) is 34.0 Å². The lowest BCUT2D eigenvalue weighted by molar-refractivity contribution is -0.141. The lowest BCUT2D eigenvalue weighted by Gasteiger charge is -2.26. The van der Waals surface area contributed by atoms with Gasteiger partial charge in [0.2, 0.25) is 5.91 Å². The van der Waals surface area contributed by atoms with Gasteiger partial charge in [-0.1, -0.05) is 29.3 Å². The largest absolute Gasteiger partial charge is 0.480 e. The number of benzene rings is 1. The number of thioether (sulfide) groups is 1. The zero-order valence-electron chi connectivity index (χ0n) is 9.73. The van der Waals surface area contributed by atoms with Gasteiger partial charge in [-0.05, 0) is 24.1 Å². The summed E-state index contributed by atoms with van der Waals surface area (Å²) in [6, 6.07) is 4.42. The highest BCUT2D eigenvalue weighted by Crippen LogP contribution is 2.26. The number of rotatable bonds is 3. The van der Waals surface area contributed by atoms with Crippen LogP contribution in [0.3, 0.4) is 0 Å². The number of halogens is 2. The Morgan fingerprint density at radius 1 is 1.42 bits per heavy atom. The molecule has 1 saturated heterocycles. The summed E-state index contributed by atoms with van der Waals surface area (Å²) in [5.74, 6) is -0.892. The Labute approximate surface area is 124 Å². The number of carbonyl (C=O) groups is 2. The summed E-state index contributed by atoms with van der Waals surface area (Å²) >= 11 is 13.1. The first kappa shape index (κ1) is 14.5. The maximum absolute atomic E-state index is 11.8. The topological polar surface area (TPSA) is 66.4 Å². The summed E-state index contributed by atoms with van der Waals surface area (Å²) in [5.41, 5.74) is 0.899. The number of aliphatic carboxylic acids is 1. The van der Waals surface area contributed by atoms with Gasteiger partial charge in [0.05, 0.1) is 15.3 Å². The van der Waals surface area contributed by atoms with Gasteiger partial charge in [0.25, 0.3) is 0 Å². The molecule has 0 bridgehead atoms. The summed E-state index contributed by atoms with van der Waals surface area (Å²) in [6.07, 6.45) is 0.500. The van der Waals surface area contributed by atoms with Gasteiger partial charge in [0.15, 0.2) is 0 Å². The lowest BCUT2D eigenvalue weighted by atomic mass is 10.1. The van der Waals surface area contributed by atoms with E-state index >= 15 is 0 Å². The fourth-order valence-corrected chi connectivity index (χ4v) is 3.26. The molecule has 2 atom stereocenters. The third-order valence-corrected chi connectivity index (χ3v) is 4.82. The van der Waals surface area contributed by atoms with Crippen LogP contribution in [-0.2, 0) is 16.0 Å². The number of nitrogens with one attached hydrogen (secondary N) is 1. The molecule has 2 rings (SSSR count). The predicted octanol–water partition coefficient (Wildman–Crippen LogP) is 2.22. The van der Waals surface area contributed by atoms with Crippen LogP contribution in [0.1, 0.15) is 5.56 Å². The molecule has 7 heteroatoms. The first-order valence-corrected chi connectivity index (χ1v) is 7.36. The minimum atomic E-state index is -1.01. The first-order valence-electron chi connectivity index (χ1n) is 5.56. The second-order valence-electron chi connectivity index (χ2n) is 4.17. The van der Waals surface area contributed by atoms with Crippen molar-refractivity contribution < 1.29 is 14.7 Å². The average molecular weight is 320 g/mol. The molecule has 1 heterocycles. The second kappa shape index (κ2) is 6.03. The summed E-state index contributed by atoms with van der Waals surface area (Å²) in [6.45, 7) is 0. The van der Waals surface area contributed by atoms with Crippen molar-refractivity contribution >= 4 is 46.8 Å². The molecule has 1 aromatic rings. The van der Waals surface area contributed by atoms with Crippen molar-refractivity contribution in [3.05, 3.63) is 33.8 Å². The summed E-state index contributed by atoms with van der Waals surface area (Å²) < 4.78 is 0. The molecule has 0 aromatic heterocycles. The van der Waals surface area contributed by atoms with Gasteiger partial charge in [0.1, 0.15) is 6.04 Å². The van der Waals surface area contributed by atoms with E-state index in [1.54, 1.807) is 12.1 Å². The number of carboxylic acid groups (broad SMARTS) is 1. The van der Waals surface area contributed by atoms with Crippen LogP contribution in [0.2, 0.25) is 10.0 Å². The molecule has 0 spiro atoms. The van der Waals surface area contributed by atoms with Crippen LogP contribution in [0, 0.1) is 0 Å². The number of hydrogen-bond donors (Lipinski definition) is 2. The van der Waals surface area contributed by atoms with Crippen LogP contribution in [0.4, 0.5) is 0 Å². The smallest absolute Gasteiger partial charge is 0.327 e. The SMILES string of the molecule is O=C(O)C1CSC(Cc2ccc(Cl)c(Cl)c2)C(=O)N1. The Morgan fingerprint density at radius 2 is 2.16 bits per heavy atom. The number of carboxylic acids is 1. The molecule has 19 heavy (non-hydrogen) atoms. The summed E-state index contributed by atoms with van der Waals surface area (Å²) in [4.78, 5) is 22.6. The van der Waals surface area contributed by atoms with Gasteiger partial charge in [-0.25, -0.2) is 4.79 Å². The highest BCUT2D eigenvalue weighted by molar-refractivity contribution is 8.00. The Balaban J connectivity index is 2.02. The zero-order valence-corrected chi connectivity index (χ0v) is 12.1. The fourth-order valence-electron chi connectivity index (χ4n) is 1.76. The molecule has 1 fully saturated rings. The van der Waals surface area contributed by atoms with E-state index in [9.17, 15) is 9.59 Å². The van der Waals surface area contributed by atoms with Gasteiger partial charge >= 0.3 is 5.97 Å². The molecular formula is C12H11Cl2NO3S. The van der Waals surface area contributed by atoms with Crippen molar-refractivity contribution in [2.75, 3.05) is 5.75 Å². The van der Waals surface area contributed by atoms with Crippen LogP contribution < -0.4 is 5.32 Å². The Morgan fingerprint density at radius 3 is 2.74 bits per heavy atom. The van der Waals surface area contributed by atoms with Gasteiger partial charge in [-0.15, -0.1) is 11.8 Å². The van der Waals surface area contributed by atoms with E-state index in [0.717, 1.165) is 5.56 Å². The molecule has 0 aliphatic carbocycles. The monoisotopic (exact) mass is 319 g/mol. The molecule has 102 valence electrons. The van der Waals surface area contributed by atoms with Crippen molar-refractivity contribution in [2.45, 2.75) is 17.7 Å². The van der Waals surface area contributed by atoms with Crippen molar-refractivity contribution in [3.8, 4) is 0 Å². The van der Waals surface area contributed by atoms with Crippen molar-refractivity contribution in [2.24, 2.45) is 0 Å². The molecule has 2 unspecified atom stereocenters. The molecule has 1 amide bonds. The minimum absolute atomic E-state index is 0.255. The summed E-state index contributed by atoms with van der Waals surface area (Å²) in [7, 11) is 0. The van der Waals surface area contributed by atoms with E-state index in [-0.39, 0.29) is 11.2 Å². The maximum Gasteiger partial charge on any atom is 0.327 e. The molecule has 1 aliphatic rings. The van der Waals surface area contributed by atoms with Gasteiger partial charge in [-0.2, -0.15) is 0 Å². The number of hydrogen-bond acceptors (Lipinski definition) is 3. The maximum atomic E-state index is 11.8. The van der Waals surface area contributed by atoms with E-state index in [1.165, 1.54) is 11.8 Å². The van der Waals surface area contributed by atoms with Crippen LogP contribution in [0.5, 0.6) is 0 Å². The van der Waals surface area contributed by atoms with Crippen molar-refractivity contribution in [1.82, 2.24) is 5.32 Å². The van der Waals surface area contributed by atoms with Crippen LogP contribution in [0.25, 0.3) is 0 Å². The second-order valence-corrected chi connectivity index (χ2v) is 6.22. The first-order chi connectivity index (χ1) is 8.97.